The highest BCUT2D eigenvalue weighted by Gasteiger charge is 2.19. The maximum absolute atomic E-state index is 12.8. The molecule has 0 aromatic heterocycles. The molecule has 1 atom stereocenters. The van der Waals surface area contributed by atoms with Crippen molar-refractivity contribution in [3.8, 4) is 0 Å². The molecule has 0 aliphatic rings. The molecule has 2 N–H and O–H groups in total. The fourth-order valence-electron chi connectivity index (χ4n) is 2.71. The van der Waals surface area contributed by atoms with Gasteiger partial charge in [-0.05, 0) is 16.7 Å². The van der Waals surface area contributed by atoms with Gasteiger partial charge in [0, 0.05) is 13.1 Å². The monoisotopic (exact) mass is 330 g/mol. The van der Waals surface area contributed by atoms with Crippen LogP contribution in [-0.2, 0) is 17.9 Å². The van der Waals surface area contributed by atoms with E-state index in [-0.39, 0.29) is 11.9 Å². The van der Waals surface area contributed by atoms with Gasteiger partial charge in [0.15, 0.2) is 0 Å². The van der Waals surface area contributed by atoms with Gasteiger partial charge in [-0.2, -0.15) is 0 Å². The fraction of sp³-hybridized carbons (Fsp3) is 0.136. The van der Waals surface area contributed by atoms with Gasteiger partial charge in [-0.3, -0.25) is 10.1 Å². The lowest BCUT2D eigenvalue weighted by molar-refractivity contribution is -0.123. The summed E-state index contributed by atoms with van der Waals surface area (Å²) in [5.41, 5.74) is 3.20. The van der Waals surface area contributed by atoms with Gasteiger partial charge in [-0.25, -0.2) is 0 Å². The van der Waals surface area contributed by atoms with Crippen molar-refractivity contribution in [1.82, 2.24) is 10.6 Å². The number of rotatable bonds is 7. The van der Waals surface area contributed by atoms with Gasteiger partial charge in [0.25, 0.3) is 0 Å². The Morgan fingerprint density at radius 1 is 0.680 bits per heavy atom. The Morgan fingerprint density at radius 3 is 1.72 bits per heavy atom. The largest absolute Gasteiger partial charge is 0.350 e. The molecule has 0 heterocycles. The fourth-order valence-corrected chi connectivity index (χ4v) is 2.71. The molecule has 0 radical (unpaired) electrons. The molecule has 0 fully saturated rings. The van der Waals surface area contributed by atoms with E-state index in [1.807, 2.05) is 78.9 Å². The highest BCUT2D eigenvalue weighted by molar-refractivity contribution is 5.83. The first-order chi connectivity index (χ1) is 12.3. The molecule has 3 aromatic rings. The van der Waals surface area contributed by atoms with Crippen molar-refractivity contribution in [2.45, 2.75) is 19.1 Å². The molecule has 3 heteroatoms. The Kier molecular flexibility index (Phi) is 5.96. The zero-order chi connectivity index (χ0) is 17.3. The molecule has 0 bridgehead atoms. The summed E-state index contributed by atoms with van der Waals surface area (Å²) in [7, 11) is 0. The van der Waals surface area contributed by atoms with Gasteiger partial charge >= 0.3 is 0 Å². The van der Waals surface area contributed by atoms with Crippen molar-refractivity contribution in [2.75, 3.05) is 0 Å². The van der Waals surface area contributed by atoms with E-state index in [9.17, 15) is 4.79 Å². The van der Waals surface area contributed by atoms with Crippen LogP contribution in [0.25, 0.3) is 0 Å². The van der Waals surface area contributed by atoms with Gasteiger partial charge < -0.3 is 5.32 Å². The molecule has 0 saturated heterocycles. The molecule has 0 saturated carbocycles. The zero-order valence-corrected chi connectivity index (χ0v) is 14.1. The smallest absolute Gasteiger partial charge is 0.242 e. The summed E-state index contributed by atoms with van der Waals surface area (Å²) >= 11 is 0. The van der Waals surface area contributed by atoms with Crippen molar-refractivity contribution in [2.24, 2.45) is 0 Å². The third-order valence-corrected chi connectivity index (χ3v) is 4.06. The number of carbonyl (C=O) groups is 1. The maximum atomic E-state index is 12.8. The lowest BCUT2D eigenvalue weighted by Gasteiger charge is -2.19. The van der Waals surface area contributed by atoms with E-state index >= 15 is 0 Å². The van der Waals surface area contributed by atoms with Crippen LogP contribution < -0.4 is 10.6 Å². The summed E-state index contributed by atoms with van der Waals surface area (Å²) in [4.78, 5) is 12.8. The Bertz CT molecular complexity index is 773. The minimum absolute atomic E-state index is 0.0222. The highest BCUT2D eigenvalue weighted by Crippen LogP contribution is 2.14. The summed E-state index contributed by atoms with van der Waals surface area (Å²) < 4.78 is 0. The molecule has 0 aliphatic carbocycles. The van der Waals surface area contributed by atoms with Crippen molar-refractivity contribution in [3.63, 3.8) is 0 Å². The summed E-state index contributed by atoms with van der Waals surface area (Å²) in [6.45, 7) is 1.16. The van der Waals surface area contributed by atoms with Gasteiger partial charge in [-0.1, -0.05) is 91.0 Å². The molecule has 1 unspecified atom stereocenters. The van der Waals surface area contributed by atoms with Crippen LogP contribution in [0, 0.1) is 0 Å². The first-order valence-corrected chi connectivity index (χ1v) is 8.47. The van der Waals surface area contributed by atoms with Crippen LogP contribution >= 0.6 is 0 Å². The van der Waals surface area contributed by atoms with E-state index in [1.165, 1.54) is 0 Å². The lowest BCUT2D eigenvalue weighted by atomic mass is 10.1. The van der Waals surface area contributed by atoms with Crippen LogP contribution in [0.15, 0.2) is 91.0 Å². The number of nitrogens with one attached hydrogen (secondary N) is 2. The van der Waals surface area contributed by atoms with E-state index < -0.39 is 0 Å². The minimum atomic E-state index is -0.384. The number of benzene rings is 3. The zero-order valence-electron chi connectivity index (χ0n) is 14.1. The molecule has 0 aliphatic heterocycles. The highest BCUT2D eigenvalue weighted by atomic mass is 16.2. The third-order valence-electron chi connectivity index (χ3n) is 4.06. The molecule has 0 spiro atoms. The van der Waals surface area contributed by atoms with Gasteiger partial charge in [0.1, 0.15) is 6.04 Å². The lowest BCUT2D eigenvalue weighted by Crippen LogP contribution is -2.37. The van der Waals surface area contributed by atoms with Crippen molar-refractivity contribution in [3.05, 3.63) is 108 Å². The predicted octanol–water partition coefficient (Wildman–Crippen LogP) is 3.83. The van der Waals surface area contributed by atoms with Crippen LogP contribution in [0.3, 0.4) is 0 Å². The average Bonchev–Trinajstić information content (AvgIpc) is 2.69. The summed E-state index contributed by atoms with van der Waals surface area (Å²) in [6.07, 6.45) is 0. The summed E-state index contributed by atoms with van der Waals surface area (Å²) in [5.74, 6) is -0.0222. The van der Waals surface area contributed by atoms with Crippen LogP contribution in [0.5, 0.6) is 0 Å². The Hall–Kier alpha value is -2.91. The van der Waals surface area contributed by atoms with Crippen molar-refractivity contribution >= 4 is 5.91 Å². The second kappa shape index (κ2) is 8.81. The Labute approximate surface area is 148 Å². The summed E-state index contributed by atoms with van der Waals surface area (Å²) in [5, 5.41) is 6.41. The van der Waals surface area contributed by atoms with Crippen LogP contribution in [0.1, 0.15) is 22.7 Å². The van der Waals surface area contributed by atoms with E-state index in [4.69, 9.17) is 0 Å². The van der Waals surface area contributed by atoms with E-state index in [0.717, 1.165) is 16.7 Å². The second-order valence-electron chi connectivity index (χ2n) is 5.91. The first-order valence-electron chi connectivity index (χ1n) is 8.47. The molecule has 1 amide bonds. The number of carbonyl (C=O) groups excluding carboxylic acids is 1. The topological polar surface area (TPSA) is 41.1 Å². The Morgan fingerprint density at radius 2 is 1.16 bits per heavy atom. The van der Waals surface area contributed by atoms with Gasteiger partial charge in [0.2, 0.25) is 5.91 Å². The quantitative estimate of drug-likeness (QED) is 0.691. The van der Waals surface area contributed by atoms with Gasteiger partial charge in [0.05, 0.1) is 0 Å². The molecule has 3 rings (SSSR count). The number of hydrogen-bond acceptors (Lipinski definition) is 2. The van der Waals surface area contributed by atoms with Crippen LogP contribution in [0.4, 0.5) is 0 Å². The molecular weight excluding hydrogens is 308 g/mol. The average molecular weight is 330 g/mol. The van der Waals surface area contributed by atoms with Crippen molar-refractivity contribution < 1.29 is 4.79 Å². The first kappa shape index (κ1) is 16.9. The number of hydrogen-bond donors (Lipinski definition) is 2. The molecule has 126 valence electrons. The van der Waals surface area contributed by atoms with E-state index in [1.54, 1.807) is 0 Å². The second-order valence-corrected chi connectivity index (χ2v) is 5.91. The molecule has 3 nitrogen and oxygen atoms in total. The van der Waals surface area contributed by atoms with Crippen molar-refractivity contribution in [1.29, 1.82) is 0 Å². The van der Waals surface area contributed by atoms with E-state index in [2.05, 4.69) is 22.8 Å². The van der Waals surface area contributed by atoms with E-state index in [0.29, 0.717) is 13.1 Å². The third kappa shape index (κ3) is 5.03. The normalized spacial score (nSPS) is 11.7. The van der Waals surface area contributed by atoms with Crippen LogP contribution in [0.2, 0.25) is 0 Å². The standard InChI is InChI=1S/C22H22N2O/c25-22(24-17-19-12-6-2-7-13-19)21(20-14-8-3-9-15-20)23-16-18-10-4-1-5-11-18/h1-15,21,23H,16-17H2,(H,24,25). The molecule has 25 heavy (non-hydrogen) atoms. The predicted molar refractivity (Wildman–Crippen MR) is 101 cm³/mol. The van der Waals surface area contributed by atoms with Gasteiger partial charge in [-0.15, -0.1) is 0 Å². The molecular formula is C22H22N2O. The summed E-state index contributed by atoms with van der Waals surface area (Å²) in [6, 6.07) is 29.5. The minimum Gasteiger partial charge on any atom is -0.350 e. The Balaban J connectivity index is 1.68. The molecule has 3 aromatic carbocycles. The number of amides is 1. The van der Waals surface area contributed by atoms with Crippen LogP contribution in [-0.4, -0.2) is 5.91 Å². The maximum Gasteiger partial charge on any atom is 0.242 e. The SMILES string of the molecule is O=C(NCc1ccccc1)C(NCc1ccccc1)c1ccccc1.